The molecule has 0 amide bonds. The molecule has 108 valence electrons. The molecule has 0 aliphatic heterocycles. The molecule has 0 fully saturated rings. The van der Waals surface area contributed by atoms with Crippen molar-refractivity contribution in [2.24, 2.45) is 0 Å². The molecule has 21 heavy (non-hydrogen) atoms. The second-order valence-electron chi connectivity index (χ2n) is 4.31. The zero-order valence-corrected chi connectivity index (χ0v) is 12.0. The fourth-order valence-electron chi connectivity index (χ4n) is 1.70. The van der Waals surface area contributed by atoms with Gasteiger partial charge in [0, 0.05) is 6.42 Å². The van der Waals surface area contributed by atoms with E-state index >= 15 is 0 Å². The van der Waals surface area contributed by atoms with Crippen molar-refractivity contribution in [1.29, 1.82) is 0 Å². The van der Waals surface area contributed by atoms with Crippen LogP contribution in [0.1, 0.15) is 17.5 Å². The predicted molar refractivity (Wildman–Crippen MR) is 80.8 cm³/mol. The summed E-state index contributed by atoms with van der Waals surface area (Å²) in [6.07, 6.45) is 0.419. The van der Waals surface area contributed by atoms with Gasteiger partial charge in [-0.15, -0.1) is 0 Å². The lowest BCUT2D eigenvalue weighted by Gasteiger charge is -2.08. The van der Waals surface area contributed by atoms with Crippen molar-refractivity contribution in [3.05, 3.63) is 64.4 Å². The summed E-state index contributed by atoms with van der Waals surface area (Å²) in [6.45, 7) is 0.308. The molecule has 1 N–H and O–H groups in total. The molecule has 0 saturated heterocycles. The second kappa shape index (κ2) is 7.68. The van der Waals surface area contributed by atoms with Gasteiger partial charge in [0.05, 0.1) is 17.2 Å². The maximum atomic E-state index is 13.1. The van der Waals surface area contributed by atoms with Gasteiger partial charge in [-0.1, -0.05) is 41.6 Å². The van der Waals surface area contributed by atoms with Crippen LogP contribution >= 0.6 is 11.6 Å². The molecule has 0 radical (unpaired) electrons. The van der Waals surface area contributed by atoms with Crippen LogP contribution in [0.15, 0.2) is 42.5 Å². The van der Waals surface area contributed by atoms with Crippen molar-refractivity contribution in [3.63, 3.8) is 0 Å². The van der Waals surface area contributed by atoms with Crippen LogP contribution in [0.4, 0.5) is 4.39 Å². The number of halogens is 2. The van der Waals surface area contributed by atoms with E-state index in [-0.39, 0.29) is 18.2 Å². The third kappa shape index (κ3) is 4.49. The Morgan fingerprint density at radius 1 is 1.19 bits per heavy atom. The Kier molecular flexibility index (Phi) is 5.62. The predicted octanol–water partition coefficient (Wildman–Crippen LogP) is 3.79. The average Bonchev–Trinajstić information content (AvgIpc) is 2.50. The van der Waals surface area contributed by atoms with Crippen molar-refractivity contribution in [1.82, 2.24) is 0 Å². The number of hydrogen-bond acceptors (Lipinski definition) is 2. The van der Waals surface area contributed by atoms with E-state index in [4.69, 9.17) is 21.4 Å². The standard InChI is InChI=1S/C17H14ClFO2/c18-15-11-13(8-9-16(15)19)12-21-17-7-2-1-5-14(17)6-3-4-10-20/h1-2,5,7-9,11,20H,4,10,12H2. The molecule has 0 aliphatic rings. The summed E-state index contributed by atoms with van der Waals surface area (Å²) in [5.41, 5.74) is 1.53. The molecule has 0 heterocycles. The second-order valence-corrected chi connectivity index (χ2v) is 4.72. The molecule has 2 rings (SSSR count). The van der Waals surface area contributed by atoms with Crippen molar-refractivity contribution in [3.8, 4) is 17.6 Å². The van der Waals surface area contributed by atoms with E-state index in [1.807, 2.05) is 24.3 Å². The van der Waals surface area contributed by atoms with E-state index in [1.165, 1.54) is 12.1 Å². The summed E-state index contributed by atoms with van der Waals surface area (Å²) in [4.78, 5) is 0. The molecule has 0 unspecified atom stereocenters. The molecule has 2 aromatic rings. The van der Waals surface area contributed by atoms with E-state index < -0.39 is 5.82 Å². The van der Waals surface area contributed by atoms with Crippen LogP contribution in [0, 0.1) is 17.7 Å². The van der Waals surface area contributed by atoms with Gasteiger partial charge >= 0.3 is 0 Å². The van der Waals surface area contributed by atoms with Crippen LogP contribution in [-0.4, -0.2) is 11.7 Å². The van der Waals surface area contributed by atoms with Gasteiger partial charge in [-0.25, -0.2) is 4.39 Å². The first-order valence-corrected chi connectivity index (χ1v) is 6.84. The first kappa shape index (κ1) is 15.4. The topological polar surface area (TPSA) is 29.5 Å². The third-order valence-corrected chi connectivity index (χ3v) is 3.01. The Morgan fingerprint density at radius 2 is 2.00 bits per heavy atom. The molecule has 0 saturated carbocycles. The lowest BCUT2D eigenvalue weighted by Crippen LogP contribution is -1.97. The summed E-state index contributed by atoms with van der Waals surface area (Å²) in [5, 5.41) is 8.81. The highest BCUT2D eigenvalue weighted by Gasteiger charge is 2.04. The summed E-state index contributed by atoms with van der Waals surface area (Å²) in [6, 6.07) is 11.9. The highest BCUT2D eigenvalue weighted by molar-refractivity contribution is 6.30. The third-order valence-electron chi connectivity index (χ3n) is 2.73. The number of benzene rings is 2. The van der Waals surface area contributed by atoms with Gasteiger partial charge in [0.15, 0.2) is 0 Å². The summed E-state index contributed by atoms with van der Waals surface area (Å²) < 4.78 is 18.8. The zero-order chi connectivity index (χ0) is 15.1. The zero-order valence-electron chi connectivity index (χ0n) is 11.3. The van der Waals surface area contributed by atoms with Crippen LogP contribution < -0.4 is 4.74 Å². The number of rotatable bonds is 4. The van der Waals surface area contributed by atoms with Gasteiger partial charge < -0.3 is 9.84 Å². The molecule has 0 atom stereocenters. The lowest BCUT2D eigenvalue weighted by atomic mass is 10.2. The van der Waals surface area contributed by atoms with Gasteiger partial charge in [-0.3, -0.25) is 0 Å². The van der Waals surface area contributed by atoms with Gasteiger partial charge in [0.2, 0.25) is 0 Å². The summed E-state index contributed by atoms with van der Waals surface area (Å²) >= 11 is 5.73. The quantitative estimate of drug-likeness (QED) is 0.871. The van der Waals surface area contributed by atoms with Crippen LogP contribution in [0.5, 0.6) is 5.75 Å². The van der Waals surface area contributed by atoms with Gasteiger partial charge in [0.25, 0.3) is 0 Å². The van der Waals surface area contributed by atoms with E-state index in [0.29, 0.717) is 12.2 Å². The Balaban J connectivity index is 2.09. The lowest BCUT2D eigenvalue weighted by molar-refractivity contribution is 0.304. The van der Waals surface area contributed by atoms with Crippen molar-refractivity contribution < 1.29 is 14.2 Å². The highest BCUT2D eigenvalue weighted by atomic mass is 35.5. The molecule has 0 bridgehead atoms. The number of hydrogen-bond donors (Lipinski definition) is 1. The number of aliphatic hydroxyl groups excluding tert-OH is 1. The fraction of sp³-hybridized carbons (Fsp3) is 0.176. The average molecular weight is 305 g/mol. The van der Waals surface area contributed by atoms with Crippen LogP contribution in [0.3, 0.4) is 0 Å². The minimum atomic E-state index is -0.448. The Hall–Kier alpha value is -2.02. The number of aliphatic hydroxyl groups is 1. The minimum Gasteiger partial charge on any atom is -0.488 e. The molecule has 0 aliphatic carbocycles. The highest BCUT2D eigenvalue weighted by Crippen LogP contribution is 2.20. The molecule has 4 heteroatoms. The molecule has 2 nitrogen and oxygen atoms in total. The fourth-order valence-corrected chi connectivity index (χ4v) is 1.90. The SMILES string of the molecule is OCCC#Cc1ccccc1OCc1ccc(F)c(Cl)c1. The van der Waals surface area contributed by atoms with E-state index in [1.54, 1.807) is 6.07 Å². The molecular weight excluding hydrogens is 291 g/mol. The molecule has 0 aromatic heterocycles. The Morgan fingerprint density at radius 3 is 2.76 bits per heavy atom. The van der Waals surface area contributed by atoms with E-state index in [0.717, 1.165) is 11.1 Å². The van der Waals surface area contributed by atoms with Crippen LogP contribution in [0.2, 0.25) is 5.02 Å². The Labute approximate surface area is 128 Å². The smallest absolute Gasteiger partial charge is 0.141 e. The van der Waals surface area contributed by atoms with Gasteiger partial charge in [-0.2, -0.15) is 0 Å². The number of para-hydroxylation sites is 1. The van der Waals surface area contributed by atoms with Crippen molar-refractivity contribution in [2.75, 3.05) is 6.61 Å². The van der Waals surface area contributed by atoms with E-state index in [2.05, 4.69) is 11.8 Å². The van der Waals surface area contributed by atoms with E-state index in [9.17, 15) is 4.39 Å². The first-order valence-electron chi connectivity index (χ1n) is 6.46. The normalized spacial score (nSPS) is 9.86. The molecule has 0 spiro atoms. The summed E-state index contributed by atoms with van der Waals surface area (Å²) in [7, 11) is 0. The van der Waals surface area contributed by atoms with Crippen molar-refractivity contribution >= 4 is 11.6 Å². The molecular formula is C17H14ClFO2. The van der Waals surface area contributed by atoms with Crippen molar-refractivity contribution in [2.45, 2.75) is 13.0 Å². The largest absolute Gasteiger partial charge is 0.488 e. The molecule has 2 aromatic carbocycles. The van der Waals surface area contributed by atoms with Crippen LogP contribution in [0.25, 0.3) is 0 Å². The van der Waals surface area contributed by atoms with Gasteiger partial charge in [0.1, 0.15) is 18.2 Å². The maximum Gasteiger partial charge on any atom is 0.141 e. The minimum absolute atomic E-state index is 0.0318. The first-order chi connectivity index (χ1) is 10.2. The Bertz CT molecular complexity index is 674. The number of ether oxygens (including phenoxy) is 1. The maximum absolute atomic E-state index is 13.1. The monoisotopic (exact) mass is 304 g/mol. The van der Waals surface area contributed by atoms with Crippen LogP contribution in [-0.2, 0) is 6.61 Å². The summed E-state index contributed by atoms with van der Waals surface area (Å²) in [5.74, 6) is 6.00. The van der Waals surface area contributed by atoms with Gasteiger partial charge in [-0.05, 0) is 29.8 Å².